The topological polar surface area (TPSA) is 67.4 Å². The second-order valence-electron chi connectivity index (χ2n) is 6.02. The van der Waals surface area contributed by atoms with Crippen molar-refractivity contribution in [3.05, 3.63) is 34.9 Å². The van der Waals surface area contributed by atoms with Crippen molar-refractivity contribution < 1.29 is 14.3 Å². The summed E-state index contributed by atoms with van der Waals surface area (Å²) in [4.78, 5) is 23.5. The molecule has 0 aliphatic heterocycles. The first-order valence-corrected chi connectivity index (χ1v) is 7.45. The highest BCUT2D eigenvalue weighted by atomic mass is 35.5. The van der Waals surface area contributed by atoms with Crippen LogP contribution in [0.1, 0.15) is 32.4 Å². The lowest BCUT2D eigenvalue weighted by atomic mass is 9.96. The number of ether oxygens (including phenoxy) is 1. The summed E-state index contributed by atoms with van der Waals surface area (Å²) in [6, 6.07) is 7.28. The van der Waals surface area contributed by atoms with E-state index >= 15 is 0 Å². The molecule has 1 atom stereocenters. The van der Waals surface area contributed by atoms with Gasteiger partial charge in [-0.25, -0.2) is 0 Å². The van der Waals surface area contributed by atoms with E-state index in [9.17, 15) is 9.59 Å². The van der Waals surface area contributed by atoms with Gasteiger partial charge in [0.25, 0.3) is 0 Å². The number of hydrogen-bond donors (Lipinski definition) is 2. The van der Waals surface area contributed by atoms with Gasteiger partial charge in [0.1, 0.15) is 0 Å². The Morgan fingerprint density at radius 3 is 2.50 bits per heavy atom. The van der Waals surface area contributed by atoms with Crippen LogP contribution < -0.4 is 10.6 Å². The summed E-state index contributed by atoms with van der Waals surface area (Å²) in [7, 11) is 1.57. The molecule has 0 aromatic heterocycles. The van der Waals surface area contributed by atoms with E-state index in [0.29, 0.717) is 11.6 Å². The Balaban J connectivity index is 2.47. The molecule has 1 aromatic carbocycles. The third kappa shape index (κ3) is 6.03. The van der Waals surface area contributed by atoms with E-state index in [-0.39, 0.29) is 24.5 Å². The zero-order valence-electron chi connectivity index (χ0n) is 13.4. The van der Waals surface area contributed by atoms with Crippen molar-refractivity contribution in [2.75, 3.05) is 20.2 Å². The van der Waals surface area contributed by atoms with E-state index in [0.717, 1.165) is 5.56 Å². The van der Waals surface area contributed by atoms with Crippen molar-refractivity contribution in [2.24, 2.45) is 5.41 Å². The number of halogens is 1. The molecule has 0 saturated heterocycles. The summed E-state index contributed by atoms with van der Waals surface area (Å²) in [5, 5.41) is 5.95. The van der Waals surface area contributed by atoms with Crippen LogP contribution >= 0.6 is 11.6 Å². The standard InChI is InChI=1S/C16H23ClN2O3/c1-16(2,3)15(21)19-10-14(20)18-9-13(22-4)11-6-5-7-12(17)8-11/h5-8,13H,9-10H2,1-4H3,(H,18,20)(H,19,21)/t13-/m1/s1. The number of nitrogens with one attached hydrogen (secondary N) is 2. The molecule has 1 rings (SSSR count). The largest absolute Gasteiger partial charge is 0.375 e. The average Bonchev–Trinajstić information content (AvgIpc) is 2.44. The van der Waals surface area contributed by atoms with Gasteiger partial charge >= 0.3 is 0 Å². The maximum atomic E-state index is 11.8. The van der Waals surface area contributed by atoms with Crippen LogP contribution in [0.25, 0.3) is 0 Å². The van der Waals surface area contributed by atoms with Gasteiger partial charge in [-0.1, -0.05) is 44.5 Å². The number of methoxy groups -OCH3 is 1. The monoisotopic (exact) mass is 326 g/mol. The maximum Gasteiger partial charge on any atom is 0.239 e. The molecule has 0 spiro atoms. The molecule has 0 radical (unpaired) electrons. The quantitative estimate of drug-likeness (QED) is 0.843. The molecule has 0 unspecified atom stereocenters. The SMILES string of the molecule is CO[C@H](CNC(=O)CNC(=O)C(C)(C)C)c1cccc(Cl)c1. The minimum Gasteiger partial charge on any atom is -0.375 e. The van der Waals surface area contributed by atoms with E-state index in [2.05, 4.69) is 10.6 Å². The third-order valence-electron chi connectivity index (χ3n) is 3.08. The second kappa shape index (κ2) is 8.15. The molecule has 2 amide bonds. The van der Waals surface area contributed by atoms with E-state index in [1.54, 1.807) is 40.0 Å². The van der Waals surface area contributed by atoms with Gasteiger partial charge in [-0.15, -0.1) is 0 Å². The molecule has 0 bridgehead atoms. The highest BCUT2D eigenvalue weighted by Gasteiger charge is 2.21. The van der Waals surface area contributed by atoms with Gasteiger partial charge in [-0.05, 0) is 17.7 Å². The molecule has 22 heavy (non-hydrogen) atoms. The fourth-order valence-electron chi connectivity index (χ4n) is 1.74. The number of amides is 2. The molecule has 0 heterocycles. The van der Waals surface area contributed by atoms with Gasteiger partial charge in [0.2, 0.25) is 11.8 Å². The van der Waals surface area contributed by atoms with Gasteiger partial charge in [-0.3, -0.25) is 9.59 Å². The number of rotatable bonds is 6. The molecule has 0 saturated carbocycles. The van der Waals surface area contributed by atoms with Crippen LogP contribution in [0.3, 0.4) is 0 Å². The van der Waals surface area contributed by atoms with Gasteiger partial charge in [-0.2, -0.15) is 0 Å². The molecule has 0 aliphatic rings. The highest BCUT2D eigenvalue weighted by molar-refractivity contribution is 6.30. The van der Waals surface area contributed by atoms with Crippen LogP contribution in [-0.4, -0.2) is 32.0 Å². The summed E-state index contributed by atoms with van der Waals surface area (Å²) in [6.07, 6.45) is -0.291. The molecule has 2 N–H and O–H groups in total. The molecule has 5 nitrogen and oxygen atoms in total. The summed E-state index contributed by atoms with van der Waals surface area (Å²) >= 11 is 5.95. The maximum absolute atomic E-state index is 11.8. The van der Waals surface area contributed by atoms with Crippen LogP contribution in [0.2, 0.25) is 5.02 Å². The van der Waals surface area contributed by atoms with Crippen LogP contribution in [0.4, 0.5) is 0 Å². The van der Waals surface area contributed by atoms with Crippen LogP contribution in [0.15, 0.2) is 24.3 Å². The number of benzene rings is 1. The Kier molecular flexibility index (Phi) is 6.84. The summed E-state index contributed by atoms with van der Waals surface area (Å²) in [6.45, 7) is 5.63. The lowest BCUT2D eigenvalue weighted by Gasteiger charge is -2.19. The van der Waals surface area contributed by atoms with Gasteiger partial charge < -0.3 is 15.4 Å². The summed E-state index contributed by atoms with van der Waals surface area (Å²) < 4.78 is 5.36. The predicted molar refractivity (Wildman–Crippen MR) is 86.7 cm³/mol. The number of carbonyl (C=O) groups excluding carboxylic acids is 2. The highest BCUT2D eigenvalue weighted by Crippen LogP contribution is 2.19. The Morgan fingerprint density at radius 1 is 1.27 bits per heavy atom. The third-order valence-corrected chi connectivity index (χ3v) is 3.32. The Bertz CT molecular complexity index is 526. The first kappa shape index (κ1) is 18.5. The minimum atomic E-state index is -0.518. The fraction of sp³-hybridized carbons (Fsp3) is 0.500. The zero-order valence-corrected chi connectivity index (χ0v) is 14.2. The normalized spacial score (nSPS) is 12.6. The van der Waals surface area contributed by atoms with Crippen molar-refractivity contribution in [3.8, 4) is 0 Å². The number of hydrogen-bond acceptors (Lipinski definition) is 3. The smallest absolute Gasteiger partial charge is 0.239 e. The molecule has 1 aromatic rings. The van der Waals surface area contributed by atoms with Gasteiger partial charge in [0.15, 0.2) is 0 Å². The van der Waals surface area contributed by atoms with Crippen molar-refractivity contribution in [3.63, 3.8) is 0 Å². The predicted octanol–water partition coefficient (Wildman–Crippen LogP) is 2.31. The molecule has 0 aliphatic carbocycles. The molecule has 0 fully saturated rings. The lowest BCUT2D eigenvalue weighted by molar-refractivity contribution is -0.131. The molecular formula is C16H23ClN2O3. The first-order valence-electron chi connectivity index (χ1n) is 7.07. The summed E-state index contributed by atoms with van der Waals surface area (Å²) in [5.74, 6) is -0.428. The second-order valence-corrected chi connectivity index (χ2v) is 6.45. The molecule has 6 heteroatoms. The Hall–Kier alpha value is -1.59. The Labute approximate surface area is 136 Å². The Morgan fingerprint density at radius 2 is 1.95 bits per heavy atom. The zero-order chi connectivity index (χ0) is 16.8. The van der Waals surface area contributed by atoms with E-state index < -0.39 is 5.41 Å². The van der Waals surface area contributed by atoms with E-state index in [1.165, 1.54) is 0 Å². The summed E-state index contributed by atoms with van der Waals surface area (Å²) in [5.41, 5.74) is 0.366. The fourth-order valence-corrected chi connectivity index (χ4v) is 1.94. The van der Waals surface area contributed by atoms with Crippen LogP contribution in [-0.2, 0) is 14.3 Å². The van der Waals surface area contributed by atoms with Crippen molar-refractivity contribution in [1.29, 1.82) is 0 Å². The lowest BCUT2D eigenvalue weighted by Crippen LogP contribution is -2.42. The minimum absolute atomic E-state index is 0.0535. The molecule has 122 valence electrons. The van der Waals surface area contributed by atoms with Gasteiger partial charge in [0.05, 0.1) is 12.6 Å². The first-order chi connectivity index (χ1) is 10.2. The van der Waals surface area contributed by atoms with Gasteiger partial charge in [0, 0.05) is 24.1 Å². The van der Waals surface area contributed by atoms with E-state index in [1.807, 2.05) is 12.1 Å². The van der Waals surface area contributed by atoms with Crippen molar-refractivity contribution in [2.45, 2.75) is 26.9 Å². The van der Waals surface area contributed by atoms with E-state index in [4.69, 9.17) is 16.3 Å². The van der Waals surface area contributed by atoms with Crippen molar-refractivity contribution in [1.82, 2.24) is 10.6 Å². The van der Waals surface area contributed by atoms with Crippen molar-refractivity contribution >= 4 is 23.4 Å². The van der Waals surface area contributed by atoms with Crippen LogP contribution in [0, 0.1) is 5.41 Å². The average molecular weight is 327 g/mol. The molecular weight excluding hydrogens is 304 g/mol. The number of carbonyl (C=O) groups is 2. The van der Waals surface area contributed by atoms with Crippen LogP contribution in [0.5, 0.6) is 0 Å².